The smallest absolute Gasteiger partial charge is 0.272 e. The van der Waals surface area contributed by atoms with E-state index >= 15 is 0 Å². The molecule has 1 aliphatic heterocycles. The van der Waals surface area contributed by atoms with Gasteiger partial charge in [-0.15, -0.1) is 0 Å². The number of unbranched alkanes of at least 4 members (excludes halogenated alkanes) is 2. The Hall–Kier alpha value is -3.49. The maximum atomic E-state index is 13.9. The molecule has 210 valence electrons. The molecule has 1 saturated heterocycles. The van der Waals surface area contributed by atoms with E-state index in [-0.39, 0.29) is 11.9 Å². The zero-order valence-electron chi connectivity index (χ0n) is 24.5. The fourth-order valence-electron chi connectivity index (χ4n) is 5.45. The number of aryl methyl sites for hydroxylation is 1. The largest absolute Gasteiger partial charge is 0.330 e. The molecule has 1 fully saturated rings. The summed E-state index contributed by atoms with van der Waals surface area (Å²) in [7, 11) is 0. The molecule has 5 heteroatoms. The van der Waals surface area contributed by atoms with Crippen molar-refractivity contribution >= 4 is 5.91 Å². The Morgan fingerprint density at radius 3 is 2.42 bits per heavy atom. The van der Waals surface area contributed by atoms with E-state index in [1.165, 1.54) is 24.8 Å². The molecule has 0 N–H and O–H groups in total. The van der Waals surface area contributed by atoms with Crippen LogP contribution in [0, 0.1) is 17.2 Å². The first-order valence-electron chi connectivity index (χ1n) is 15.0. The molecule has 3 aromatic rings. The Morgan fingerprint density at radius 2 is 1.77 bits per heavy atom. The van der Waals surface area contributed by atoms with Gasteiger partial charge in [-0.2, -0.15) is 5.26 Å². The number of hydrogen-bond acceptors (Lipinski definition) is 4. The van der Waals surface area contributed by atoms with E-state index in [1.54, 1.807) is 0 Å². The van der Waals surface area contributed by atoms with Gasteiger partial charge in [0.2, 0.25) is 0 Å². The maximum absolute atomic E-state index is 13.9. The fraction of sp³-hybridized carbons (Fsp3) is 0.457. The van der Waals surface area contributed by atoms with E-state index < -0.39 is 0 Å². The molecule has 40 heavy (non-hydrogen) atoms. The number of carbonyl (C=O) groups excluding carboxylic acids is 1. The van der Waals surface area contributed by atoms with Gasteiger partial charge in [-0.3, -0.25) is 9.78 Å². The van der Waals surface area contributed by atoms with E-state index in [0.29, 0.717) is 23.7 Å². The number of pyridine rings is 1. The highest BCUT2D eigenvalue weighted by Gasteiger charge is 2.29. The van der Waals surface area contributed by atoms with Crippen LogP contribution in [0.2, 0.25) is 0 Å². The molecule has 0 unspecified atom stereocenters. The van der Waals surface area contributed by atoms with Crippen molar-refractivity contribution in [3.8, 4) is 17.2 Å². The number of hydrogen-bond donors (Lipinski definition) is 0. The van der Waals surface area contributed by atoms with Crippen molar-refractivity contribution in [2.45, 2.75) is 78.3 Å². The van der Waals surface area contributed by atoms with Crippen molar-refractivity contribution in [2.75, 3.05) is 19.6 Å². The van der Waals surface area contributed by atoms with Crippen molar-refractivity contribution in [3.05, 3.63) is 89.2 Å². The van der Waals surface area contributed by atoms with Gasteiger partial charge in [-0.25, -0.2) is 0 Å². The third-order valence-electron chi connectivity index (χ3n) is 8.03. The minimum Gasteiger partial charge on any atom is -0.330 e. The van der Waals surface area contributed by atoms with Crippen molar-refractivity contribution in [3.63, 3.8) is 0 Å². The topological polar surface area (TPSA) is 60.2 Å². The highest BCUT2D eigenvalue weighted by molar-refractivity contribution is 5.92. The minimum atomic E-state index is 0.0199. The predicted molar refractivity (Wildman–Crippen MR) is 163 cm³/mol. The summed E-state index contributed by atoms with van der Waals surface area (Å²) in [5, 5.41) is 9.26. The van der Waals surface area contributed by atoms with Crippen LogP contribution in [0.4, 0.5) is 0 Å². The normalized spacial score (nSPS) is 14.3. The van der Waals surface area contributed by atoms with Gasteiger partial charge in [0.05, 0.1) is 11.6 Å². The third kappa shape index (κ3) is 8.26. The molecular formula is C35H44N4O. The van der Waals surface area contributed by atoms with Gasteiger partial charge in [0.1, 0.15) is 5.69 Å². The van der Waals surface area contributed by atoms with E-state index in [2.05, 4.69) is 72.0 Å². The van der Waals surface area contributed by atoms with Crippen molar-refractivity contribution < 1.29 is 4.79 Å². The van der Waals surface area contributed by atoms with Gasteiger partial charge in [-0.05, 0) is 85.0 Å². The zero-order valence-corrected chi connectivity index (χ0v) is 24.5. The molecule has 2 heterocycles. The Kier molecular flexibility index (Phi) is 10.9. The van der Waals surface area contributed by atoms with Crippen LogP contribution in [0.25, 0.3) is 11.1 Å². The lowest BCUT2D eigenvalue weighted by Crippen LogP contribution is -2.47. The molecule has 0 aliphatic carbocycles. The summed E-state index contributed by atoms with van der Waals surface area (Å²) >= 11 is 0. The maximum Gasteiger partial charge on any atom is 0.272 e. The standard InChI is InChI=1S/C35H44N4O/c1-4-5-6-8-28-13-16-34(37-25-28)35(40)39(33-18-21-38(22-19-33)20-17-27(2)3)26-29-11-14-31(15-12-29)32-10-7-9-30(23-32)24-36/h7,9-16,23,25,27,33H,4-6,8,17-22,26H2,1-3H3. The molecule has 0 radical (unpaired) electrons. The number of carbonyl (C=O) groups is 1. The molecule has 0 spiro atoms. The molecule has 0 saturated carbocycles. The zero-order chi connectivity index (χ0) is 28.3. The average molecular weight is 537 g/mol. The number of benzene rings is 2. The molecule has 0 atom stereocenters. The molecule has 1 amide bonds. The van der Waals surface area contributed by atoms with Crippen LogP contribution in [0.5, 0.6) is 0 Å². The number of amides is 1. The molecule has 1 aliphatic rings. The number of likely N-dealkylation sites (tertiary alicyclic amines) is 1. The van der Waals surface area contributed by atoms with Crippen LogP contribution in [0.1, 0.15) is 86.5 Å². The Morgan fingerprint density at radius 1 is 1.02 bits per heavy atom. The lowest BCUT2D eigenvalue weighted by Gasteiger charge is -2.38. The fourth-order valence-corrected chi connectivity index (χ4v) is 5.45. The second kappa shape index (κ2) is 14.8. The molecule has 2 aromatic carbocycles. The Balaban J connectivity index is 1.50. The summed E-state index contributed by atoms with van der Waals surface area (Å²) in [5.41, 5.74) is 5.58. The summed E-state index contributed by atoms with van der Waals surface area (Å²) in [6.45, 7) is 10.5. The van der Waals surface area contributed by atoms with E-state index in [0.717, 1.165) is 62.0 Å². The second-order valence-electron chi connectivity index (χ2n) is 11.6. The first kappa shape index (κ1) is 29.5. The highest BCUT2D eigenvalue weighted by Crippen LogP contribution is 2.25. The van der Waals surface area contributed by atoms with Gasteiger partial charge >= 0.3 is 0 Å². The van der Waals surface area contributed by atoms with Gasteiger partial charge in [-0.1, -0.05) is 76.1 Å². The number of nitriles is 1. The summed E-state index contributed by atoms with van der Waals surface area (Å²) in [6, 6.07) is 22.5. The molecule has 4 rings (SSSR count). The number of nitrogens with zero attached hydrogens (tertiary/aromatic N) is 4. The average Bonchev–Trinajstić information content (AvgIpc) is 2.99. The second-order valence-corrected chi connectivity index (χ2v) is 11.6. The van der Waals surface area contributed by atoms with Crippen LogP contribution in [-0.4, -0.2) is 46.4 Å². The summed E-state index contributed by atoms with van der Waals surface area (Å²) in [4.78, 5) is 23.1. The summed E-state index contributed by atoms with van der Waals surface area (Å²) < 4.78 is 0. The van der Waals surface area contributed by atoms with Gasteiger partial charge in [0, 0.05) is 31.9 Å². The van der Waals surface area contributed by atoms with Crippen LogP contribution < -0.4 is 0 Å². The Bertz CT molecular complexity index is 1250. The van der Waals surface area contributed by atoms with Crippen LogP contribution in [-0.2, 0) is 13.0 Å². The number of piperidine rings is 1. The number of rotatable bonds is 12. The third-order valence-corrected chi connectivity index (χ3v) is 8.03. The van der Waals surface area contributed by atoms with Crippen LogP contribution in [0.15, 0.2) is 66.9 Å². The van der Waals surface area contributed by atoms with Gasteiger partial charge < -0.3 is 9.80 Å². The summed E-state index contributed by atoms with van der Waals surface area (Å²) in [5.74, 6) is 0.726. The Labute approximate surface area is 240 Å². The van der Waals surface area contributed by atoms with Crippen LogP contribution >= 0.6 is 0 Å². The lowest BCUT2D eigenvalue weighted by molar-refractivity contribution is 0.0540. The van der Waals surface area contributed by atoms with Crippen molar-refractivity contribution in [2.24, 2.45) is 5.92 Å². The predicted octanol–water partition coefficient (Wildman–Crippen LogP) is 7.51. The lowest BCUT2D eigenvalue weighted by atomic mass is 9.99. The van der Waals surface area contributed by atoms with E-state index in [9.17, 15) is 10.1 Å². The first-order valence-corrected chi connectivity index (χ1v) is 15.0. The quantitative estimate of drug-likeness (QED) is 0.225. The molecule has 5 nitrogen and oxygen atoms in total. The monoisotopic (exact) mass is 536 g/mol. The summed E-state index contributed by atoms with van der Waals surface area (Å²) in [6.07, 6.45) is 9.65. The SMILES string of the molecule is CCCCCc1ccc(C(=O)N(Cc2ccc(-c3cccc(C#N)c3)cc2)C2CCN(CCC(C)C)CC2)nc1. The molecule has 1 aromatic heterocycles. The van der Waals surface area contributed by atoms with Crippen molar-refractivity contribution in [1.29, 1.82) is 5.26 Å². The van der Waals surface area contributed by atoms with Crippen molar-refractivity contribution in [1.82, 2.24) is 14.8 Å². The molecule has 0 bridgehead atoms. The van der Waals surface area contributed by atoms with E-state index in [4.69, 9.17) is 0 Å². The molecular weight excluding hydrogens is 492 g/mol. The highest BCUT2D eigenvalue weighted by atomic mass is 16.2. The van der Waals surface area contributed by atoms with Gasteiger partial charge in [0.25, 0.3) is 5.91 Å². The van der Waals surface area contributed by atoms with E-state index in [1.807, 2.05) is 36.5 Å². The van der Waals surface area contributed by atoms with Crippen LogP contribution in [0.3, 0.4) is 0 Å². The minimum absolute atomic E-state index is 0.0199. The number of aromatic nitrogens is 1. The first-order chi connectivity index (χ1) is 19.5. The van der Waals surface area contributed by atoms with Gasteiger partial charge in [0.15, 0.2) is 0 Å².